The van der Waals surface area contributed by atoms with Crippen LogP contribution in [-0.4, -0.2) is 33.2 Å². The number of aromatic nitrogens is 4. The molecule has 0 amide bonds. The van der Waals surface area contributed by atoms with E-state index in [0.717, 1.165) is 57.2 Å². The molecule has 1 fully saturated rings. The number of nitrogens with one attached hydrogen (secondary N) is 2. The Bertz CT molecular complexity index is 1690. The predicted molar refractivity (Wildman–Crippen MR) is 141 cm³/mol. The number of nitrogens with zero attached hydrogens (tertiary/aromatic N) is 3. The van der Waals surface area contributed by atoms with E-state index in [9.17, 15) is 8.42 Å². The van der Waals surface area contributed by atoms with Crippen LogP contribution < -0.4 is 4.72 Å². The fourth-order valence-corrected chi connectivity index (χ4v) is 5.88. The van der Waals surface area contributed by atoms with Crippen molar-refractivity contribution in [2.75, 3.05) is 4.72 Å². The molecule has 0 saturated heterocycles. The summed E-state index contributed by atoms with van der Waals surface area (Å²) in [5.41, 5.74) is 7.33. The number of sulfonamides is 1. The summed E-state index contributed by atoms with van der Waals surface area (Å²) in [7, 11) is -3.31. The average molecular weight is 486 g/mol. The first-order valence-electron chi connectivity index (χ1n) is 11.8. The first-order valence-corrected chi connectivity index (χ1v) is 13.3. The lowest BCUT2D eigenvalue weighted by Crippen LogP contribution is -2.20. The van der Waals surface area contributed by atoms with Crippen molar-refractivity contribution in [1.82, 2.24) is 19.5 Å². The van der Waals surface area contributed by atoms with Crippen LogP contribution in [-0.2, 0) is 15.6 Å². The molecule has 0 bridgehead atoms. The van der Waals surface area contributed by atoms with E-state index in [1.165, 1.54) is 0 Å². The molecule has 2 N–H and O–H groups in total. The Balaban J connectivity index is 1.40. The number of pyridine rings is 1. The van der Waals surface area contributed by atoms with Gasteiger partial charge >= 0.3 is 0 Å². The number of hydrogen-bond donors (Lipinski definition) is 2. The molecule has 1 aliphatic carbocycles. The zero-order chi connectivity index (χ0) is 24.4. The molecule has 35 heavy (non-hydrogen) atoms. The molecular formula is C27H27N5O2S. The summed E-state index contributed by atoms with van der Waals surface area (Å²) in [4.78, 5) is 12.5. The molecule has 3 heterocycles. The summed E-state index contributed by atoms with van der Waals surface area (Å²) in [5.74, 6) is 0. The highest BCUT2D eigenvalue weighted by atomic mass is 32.2. The van der Waals surface area contributed by atoms with Gasteiger partial charge in [0.1, 0.15) is 5.65 Å². The smallest absolute Gasteiger partial charge is 0.235 e. The number of hydrogen-bond acceptors (Lipinski definition) is 4. The Morgan fingerprint density at radius 1 is 1.00 bits per heavy atom. The highest BCUT2D eigenvalue weighted by Gasteiger charge is 2.35. The second-order valence-corrected chi connectivity index (χ2v) is 12.2. The van der Waals surface area contributed by atoms with Crippen molar-refractivity contribution in [1.29, 1.82) is 0 Å². The lowest BCUT2D eigenvalue weighted by atomic mass is 10.0. The van der Waals surface area contributed by atoms with Crippen molar-refractivity contribution in [2.24, 2.45) is 0 Å². The Hall–Kier alpha value is -3.65. The van der Waals surface area contributed by atoms with Gasteiger partial charge in [0.05, 0.1) is 22.6 Å². The Morgan fingerprint density at radius 3 is 2.60 bits per heavy atom. The highest BCUT2D eigenvalue weighted by Crippen LogP contribution is 2.35. The van der Waals surface area contributed by atoms with Crippen LogP contribution in [0.1, 0.15) is 33.6 Å². The molecule has 0 radical (unpaired) electrons. The highest BCUT2D eigenvalue weighted by molar-refractivity contribution is 7.93. The van der Waals surface area contributed by atoms with Crippen LogP contribution in [0.5, 0.6) is 0 Å². The fourth-order valence-electron chi connectivity index (χ4n) is 4.50. The van der Waals surface area contributed by atoms with Crippen LogP contribution in [0.15, 0.2) is 67.3 Å². The minimum Gasteiger partial charge on any atom is -0.346 e. The van der Waals surface area contributed by atoms with Crippen molar-refractivity contribution in [2.45, 2.75) is 44.4 Å². The lowest BCUT2D eigenvalue weighted by Gasteiger charge is -2.21. The fraction of sp³-hybridized carbons (Fsp3) is 0.259. The van der Waals surface area contributed by atoms with Gasteiger partial charge in [-0.25, -0.2) is 18.4 Å². The number of anilines is 1. The Labute approximate surface area is 204 Å². The van der Waals surface area contributed by atoms with Crippen molar-refractivity contribution < 1.29 is 8.42 Å². The van der Waals surface area contributed by atoms with Crippen LogP contribution in [0.3, 0.4) is 0 Å². The summed E-state index contributed by atoms with van der Waals surface area (Å²) >= 11 is 0. The zero-order valence-electron chi connectivity index (χ0n) is 19.9. The molecule has 0 spiro atoms. The van der Waals surface area contributed by atoms with Gasteiger partial charge < -0.3 is 9.55 Å². The number of H-pyrrole nitrogens is 1. The normalized spacial score (nSPS) is 14.6. The number of benzene rings is 2. The lowest BCUT2D eigenvalue weighted by molar-refractivity contribution is 0.408. The van der Waals surface area contributed by atoms with E-state index in [2.05, 4.69) is 69.3 Å². The second kappa shape index (κ2) is 7.68. The van der Waals surface area contributed by atoms with Gasteiger partial charge in [0.2, 0.25) is 10.0 Å². The molecule has 5 aromatic rings. The molecule has 2 aromatic carbocycles. The number of aromatic amines is 1. The first-order chi connectivity index (χ1) is 16.7. The van der Waals surface area contributed by atoms with E-state index in [1.54, 1.807) is 6.07 Å². The average Bonchev–Trinajstić information content (AvgIpc) is 3.46. The molecular weight excluding hydrogens is 458 g/mol. The van der Waals surface area contributed by atoms with Gasteiger partial charge in [-0.2, -0.15) is 0 Å². The molecule has 0 unspecified atom stereocenters. The van der Waals surface area contributed by atoms with Gasteiger partial charge in [-0.3, -0.25) is 4.72 Å². The first kappa shape index (κ1) is 21.9. The third kappa shape index (κ3) is 3.97. The standard InChI is InChI=1S/C27H27N5O2S/c1-27(2,3)32-16-30-24-10-7-18(13-25(24)32)23-15-29-26-22(23)12-19(14-28-26)17-5-4-6-20(11-17)31-35(33,34)21-8-9-21/h4-7,10-16,21,31H,8-9H2,1-3H3,(H,28,29). The zero-order valence-corrected chi connectivity index (χ0v) is 20.7. The maximum absolute atomic E-state index is 12.4. The quantitative estimate of drug-likeness (QED) is 0.324. The van der Waals surface area contributed by atoms with Gasteiger partial charge in [0.15, 0.2) is 0 Å². The van der Waals surface area contributed by atoms with Gasteiger partial charge in [-0.1, -0.05) is 18.2 Å². The van der Waals surface area contributed by atoms with Crippen LogP contribution in [0.25, 0.3) is 44.3 Å². The van der Waals surface area contributed by atoms with Gasteiger partial charge in [0, 0.05) is 40.1 Å². The van der Waals surface area contributed by atoms with Crippen LogP contribution in [0.2, 0.25) is 0 Å². The minimum absolute atomic E-state index is 0.0750. The van der Waals surface area contributed by atoms with Crippen LogP contribution in [0, 0.1) is 0 Å². The van der Waals surface area contributed by atoms with E-state index in [1.807, 2.05) is 36.9 Å². The van der Waals surface area contributed by atoms with Gasteiger partial charge in [-0.15, -0.1) is 0 Å². The molecule has 178 valence electrons. The summed E-state index contributed by atoms with van der Waals surface area (Å²) in [6, 6.07) is 15.9. The summed E-state index contributed by atoms with van der Waals surface area (Å²) in [6.45, 7) is 6.50. The maximum atomic E-state index is 12.4. The summed E-state index contributed by atoms with van der Waals surface area (Å²) < 4.78 is 29.7. The number of rotatable bonds is 5. The van der Waals surface area contributed by atoms with Crippen molar-refractivity contribution >= 4 is 37.8 Å². The summed E-state index contributed by atoms with van der Waals surface area (Å²) in [5, 5.41) is 0.742. The minimum atomic E-state index is -3.31. The van der Waals surface area contributed by atoms with E-state index < -0.39 is 10.0 Å². The van der Waals surface area contributed by atoms with Crippen molar-refractivity contribution in [3.05, 3.63) is 67.3 Å². The molecule has 3 aromatic heterocycles. The van der Waals surface area contributed by atoms with E-state index in [0.29, 0.717) is 5.69 Å². The largest absolute Gasteiger partial charge is 0.346 e. The molecule has 0 aliphatic heterocycles. The maximum Gasteiger partial charge on any atom is 0.235 e. The molecule has 1 saturated carbocycles. The second-order valence-electron chi connectivity index (χ2n) is 10.2. The number of fused-ring (bicyclic) bond motifs is 2. The molecule has 7 nitrogen and oxygen atoms in total. The van der Waals surface area contributed by atoms with E-state index in [4.69, 9.17) is 0 Å². The monoisotopic (exact) mass is 485 g/mol. The summed E-state index contributed by atoms with van der Waals surface area (Å²) in [6.07, 6.45) is 7.16. The number of imidazole rings is 1. The topological polar surface area (TPSA) is 92.7 Å². The SMILES string of the molecule is CC(C)(C)n1cnc2ccc(-c3c[nH]c4ncc(-c5cccc(NS(=O)(=O)C6CC6)c5)cc34)cc21. The van der Waals surface area contributed by atoms with Crippen molar-refractivity contribution in [3.8, 4) is 22.3 Å². The Kier molecular flexibility index (Phi) is 4.79. The third-order valence-electron chi connectivity index (χ3n) is 6.53. The van der Waals surface area contributed by atoms with Gasteiger partial charge in [-0.05, 0) is 75.1 Å². The molecule has 6 rings (SSSR count). The van der Waals surface area contributed by atoms with Crippen LogP contribution >= 0.6 is 0 Å². The van der Waals surface area contributed by atoms with Gasteiger partial charge in [0.25, 0.3) is 0 Å². The predicted octanol–water partition coefficient (Wildman–Crippen LogP) is 5.91. The molecule has 8 heteroatoms. The van der Waals surface area contributed by atoms with E-state index >= 15 is 0 Å². The third-order valence-corrected chi connectivity index (χ3v) is 8.40. The van der Waals surface area contributed by atoms with Crippen LogP contribution in [0.4, 0.5) is 5.69 Å². The molecule has 0 atom stereocenters. The molecule has 1 aliphatic rings. The van der Waals surface area contributed by atoms with Crippen molar-refractivity contribution in [3.63, 3.8) is 0 Å². The Morgan fingerprint density at radius 2 is 1.83 bits per heavy atom. The van der Waals surface area contributed by atoms with E-state index in [-0.39, 0.29) is 10.8 Å².